The second-order valence-electron chi connectivity index (χ2n) is 10.4. The summed E-state index contributed by atoms with van der Waals surface area (Å²) in [6, 6.07) is 24.2. The van der Waals surface area contributed by atoms with Gasteiger partial charge < -0.3 is 19.9 Å². The summed E-state index contributed by atoms with van der Waals surface area (Å²) in [4.78, 5) is 40.5. The summed E-state index contributed by atoms with van der Waals surface area (Å²) in [5.74, 6) is 1.59. The summed E-state index contributed by atoms with van der Waals surface area (Å²) in [7, 11) is 1.64. The van der Waals surface area contributed by atoms with Gasteiger partial charge in [-0.15, -0.1) is 0 Å². The Hall–Kier alpha value is -4.89. The molecule has 1 N–H and O–H groups in total. The molecule has 218 valence electrons. The van der Waals surface area contributed by atoms with Gasteiger partial charge in [-0.05, 0) is 61.2 Å². The molecule has 1 atom stereocenters. The topological polar surface area (TPSA) is 92.6 Å². The summed E-state index contributed by atoms with van der Waals surface area (Å²) >= 11 is 6.49. The number of hydrogen-bond acceptors (Lipinski definition) is 7. The molecule has 43 heavy (non-hydrogen) atoms. The Kier molecular flexibility index (Phi) is 7.73. The zero-order valence-electron chi connectivity index (χ0n) is 24.1. The molecule has 3 heterocycles. The molecule has 0 radical (unpaired) electrons. The van der Waals surface area contributed by atoms with Gasteiger partial charge in [-0.2, -0.15) is 0 Å². The maximum Gasteiger partial charge on any atom is 0.264 e. The smallest absolute Gasteiger partial charge is 0.264 e. The molecule has 0 saturated heterocycles. The number of anilines is 2. The second-order valence-corrected chi connectivity index (χ2v) is 10.8. The third kappa shape index (κ3) is 5.28. The molecule has 0 aliphatic carbocycles. The zero-order valence-corrected chi connectivity index (χ0v) is 24.9. The molecule has 10 heteroatoms. The van der Waals surface area contributed by atoms with Gasteiger partial charge in [0.25, 0.3) is 11.5 Å². The molecule has 9 nitrogen and oxygen atoms in total. The van der Waals surface area contributed by atoms with E-state index in [0.29, 0.717) is 58.7 Å². The molecule has 1 aliphatic heterocycles. The lowest BCUT2D eigenvalue weighted by atomic mass is 10.1. The van der Waals surface area contributed by atoms with Crippen molar-refractivity contribution in [2.45, 2.75) is 26.4 Å². The molecule has 0 saturated carbocycles. The first-order valence-electron chi connectivity index (χ1n) is 14.1. The number of fused-ring (bicyclic) bond motifs is 2. The molecule has 5 aromatic rings. The fraction of sp³-hybridized carbons (Fsp3) is 0.212. The number of carbonyl (C=O) groups excluding carboxylic acids is 1. The average Bonchev–Trinajstić information content (AvgIpc) is 3.03. The van der Waals surface area contributed by atoms with Crippen LogP contribution in [0.3, 0.4) is 0 Å². The largest absolute Gasteiger partial charge is 0.497 e. The molecule has 0 fully saturated rings. The van der Waals surface area contributed by atoms with Crippen molar-refractivity contribution in [3.8, 4) is 11.4 Å². The number of nitrogens with one attached hydrogen (secondary N) is 1. The summed E-state index contributed by atoms with van der Waals surface area (Å²) in [6.45, 7) is 5.37. The van der Waals surface area contributed by atoms with E-state index in [2.05, 4.69) is 20.2 Å². The van der Waals surface area contributed by atoms with Crippen LogP contribution in [-0.2, 0) is 6.54 Å². The van der Waals surface area contributed by atoms with Crippen molar-refractivity contribution in [1.29, 1.82) is 0 Å². The first kappa shape index (κ1) is 28.2. The lowest BCUT2D eigenvalue weighted by Gasteiger charge is -2.37. The van der Waals surface area contributed by atoms with Gasteiger partial charge in [0.05, 0.1) is 30.2 Å². The molecule has 2 aromatic heterocycles. The van der Waals surface area contributed by atoms with Crippen molar-refractivity contribution < 1.29 is 9.53 Å². The Morgan fingerprint density at radius 1 is 0.977 bits per heavy atom. The Morgan fingerprint density at radius 2 is 1.74 bits per heavy atom. The first-order chi connectivity index (χ1) is 20.9. The Balaban J connectivity index is 1.42. The average molecular weight is 595 g/mol. The van der Waals surface area contributed by atoms with Crippen LogP contribution in [0.1, 0.15) is 41.5 Å². The SMILES string of the molecule is CCN1CN(Cc2ccc(OC)cc2)c2ncnc(N[C@@H](C)c3cc4cccc(Cl)c4c(=O)n3-c3ccccc3)c2C1=O. The number of amides is 1. The number of ether oxygens (including phenoxy) is 1. The molecule has 0 bridgehead atoms. The normalized spacial score (nSPS) is 13.6. The van der Waals surface area contributed by atoms with Crippen LogP contribution in [-0.4, -0.2) is 45.7 Å². The number of pyridine rings is 1. The van der Waals surface area contributed by atoms with Gasteiger partial charge in [-0.25, -0.2) is 9.97 Å². The van der Waals surface area contributed by atoms with Crippen LogP contribution in [0.4, 0.5) is 11.6 Å². The second kappa shape index (κ2) is 11.8. The molecule has 1 aliphatic rings. The van der Waals surface area contributed by atoms with E-state index in [9.17, 15) is 9.59 Å². The lowest BCUT2D eigenvalue weighted by molar-refractivity contribution is 0.0748. The third-order valence-corrected chi connectivity index (χ3v) is 8.03. The van der Waals surface area contributed by atoms with E-state index in [1.807, 2.05) is 86.6 Å². The number of hydrogen-bond donors (Lipinski definition) is 1. The van der Waals surface area contributed by atoms with E-state index < -0.39 is 6.04 Å². The highest BCUT2D eigenvalue weighted by Crippen LogP contribution is 2.33. The fourth-order valence-corrected chi connectivity index (χ4v) is 5.78. The highest BCUT2D eigenvalue weighted by molar-refractivity contribution is 6.35. The maximum atomic E-state index is 13.9. The molecule has 6 rings (SSSR count). The highest BCUT2D eigenvalue weighted by atomic mass is 35.5. The van der Waals surface area contributed by atoms with Crippen LogP contribution in [0.25, 0.3) is 16.5 Å². The summed E-state index contributed by atoms with van der Waals surface area (Å²) in [5, 5.41) is 5.02. The monoisotopic (exact) mass is 594 g/mol. The number of halogens is 1. The predicted molar refractivity (Wildman–Crippen MR) is 169 cm³/mol. The number of carbonyl (C=O) groups is 1. The van der Waals surface area contributed by atoms with E-state index in [1.165, 1.54) is 6.33 Å². The van der Waals surface area contributed by atoms with Crippen LogP contribution in [0.5, 0.6) is 5.75 Å². The van der Waals surface area contributed by atoms with Crippen LogP contribution in [0, 0.1) is 0 Å². The van der Waals surface area contributed by atoms with Gasteiger partial charge in [-0.1, -0.05) is 54.1 Å². The van der Waals surface area contributed by atoms with Crippen molar-refractivity contribution in [2.75, 3.05) is 30.5 Å². The zero-order chi connectivity index (χ0) is 30.1. The Bertz CT molecular complexity index is 1860. The Labute approximate surface area is 254 Å². The number of aromatic nitrogens is 3. The highest BCUT2D eigenvalue weighted by Gasteiger charge is 2.33. The molecule has 3 aromatic carbocycles. The van der Waals surface area contributed by atoms with E-state index in [0.717, 1.165) is 16.7 Å². The van der Waals surface area contributed by atoms with Gasteiger partial charge in [0, 0.05) is 24.5 Å². The molecular formula is C33H31ClN6O3. The number of benzene rings is 3. The van der Waals surface area contributed by atoms with E-state index >= 15 is 0 Å². The predicted octanol–water partition coefficient (Wildman–Crippen LogP) is 6.06. The van der Waals surface area contributed by atoms with Gasteiger partial charge in [0.1, 0.15) is 29.3 Å². The fourth-order valence-electron chi connectivity index (χ4n) is 5.52. The molecule has 1 amide bonds. The first-order valence-corrected chi connectivity index (χ1v) is 14.5. The van der Waals surface area contributed by atoms with Gasteiger partial charge >= 0.3 is 0 Å². The van der Waals surface area contributed by atoms with Gasteiger partial charge in [0.15, 0.2) is 0 Å². The van der Waals surface area contributed by atoms with Crippen molar-refractivity contribution in [3.63, 3.8) is 0 Å². The summed E-state index contributed by atoms with van der Waals surface area (Å²) < 4.78 is 6.97. The lowest BCUT2D eigenvalue weighted by Crippen LogP contribution is -2.47. The molecule has 0 unspecified atom stereocenters. The van der Waals surface area contributed by atoms with Crippen LogP contribution < -0.4 is 20.5 Å². The molecular weight excluding hydrogens is 564 g/mol. The van der Waals surface area contributed by atoms with E-state index in [1.54, 1.807) is 22.6 Å². The van der Waals surface area contributed by atoms with E-state index in [-0.39, 0.29) is 11.5 Å². The van der Waals surface area contributed by atoms with Crippen molar-refractivity contribution >= 4 is 39.9 Å². The minimum atomic E-state index is -0.421. The van der Waals surface area contributed by atoms with Crippen LogP contribution in [0.15, 0.2) is 90.0 Å². The van der Waals surface area contributed by atoms with E-state index in [4.69, 9.17) is 16.3 Å². The van der Waals surface area contributed by atoms with Crippen molar-refractivity contribution in [3.05, 3.63) is 117 Å². The van der Waals surface area contributed by atoms with Crippen LogP contribution in [0.2, 0.25) is 5.02 Å². The van der Waals surface area contributed by atoms with Crippen molar-refractivity contribution in [2.24, 2.45) is 0 Å². The number of methoxy groups -OCH3 is 1. The third-order valence-electron chi connectivity index (χ3n) is 7.72. The van der Waals surface area contributed by atoms with Gasteiger partial charge in [-0.3, -0.25) is 14.2 Å². The number of para-hydroxylation sites is 1. The number of rotatable bonds is 8. The standard InChI is InChI=1S/C33H31ClN6O3/c1-4-38-20-39(18-22-13-15-25(43-3)16-14-22)31-29(32(38)41)30(35-19-36-31)37-21(2)27-17-23-9-8-12-26(34)28(23)33(42)40(27)24-10-6-5-7-11-24/h5-17,19,21H,4,18,20H2,1-3H3,(H,35,36,37)/t21-/m0/s1. The van der Waals surface area contributed by atoms with Crippen LogP contribution >= 0.6 is 11.6 Å². The van der Waals surface area contributed by atoms with Crippen molar-refractivity contribution in [1.82, 2.24) is 19.4 Å². The molecule has 0 spiro atoms. The minimum Gasteiger partial charge on any atom is -0.497 e. The number of nitrogens with zero attached hydrogens (tertiary/aromatic N) is 5. The maximum absolute atomic E-state index is 13.9. The summed E-state index contributed by atoms with van der Waals surface area (Å²) in [5.41, 5.74) is 2.64. The quantitative estimate of drug-likeness (QED) is 0.234. The Morgan fingerprint density at radius 3 is 2.47 bits per heavy atom. The summed E-state index contributed by atoms with van der Waals surface area (Å²) in [6.07, 6.45) is 1.47. The van der Waals surface area contributed by atoms with Gasteiger partial charge in [0.2, 0.25) is 0 Å². The minimum absolute atomic E-state index is 0.149.